The number of carbonyl (C=O) groups is 1. The second kappa shape index (κ2) is 9.33. The monoisotopic (exact) mass is 505 g/mol. The first kappa shape index (κ1) is 23.9. The van der Waals surface area contributed by atoms with E-state index in [0.29, 0.717) is 22.2 Å². The van der Waals surface area contributed by atoms with Gasteiger partial charge in [0.15, 0.2) is 0 Å². The molecule has 1 aliphatic rings. The summed E-state index contributed by atoms with van der Waals surface area (Å²) in [6.45, 7) is 0.540. The fraction of sp³-hybridized carbons (Fsp3) is 0.185. The Hall–Kier alpha value is -3.82. The van der Waals surface area contributed by atoms with Crippen LogP contribution in [-0.2, 0) is 15.6 Å². The van der Waals surface area contributed by atoms with Gasteiger partial charge in [-0.15, -0.1) is 0 Å². The number of fused-ring (bicyclic) bond motifs is 1. The number of aromatic nitrogens is 1. The molecule has 1 aliphatic heterocycles. The first-order chi connectivity index (χ1) is 17.3. The summed E-state index contributed by atoms with van der Waals surface area (Å²) in [5.41, 5.74) is 0.00353. The van der Waals surface area contributed by atoms with Crippen molar-refractivity contribution >= 4 is 32.5 Å². The van der Waals surface area contributed by atoms with Crippen molar-refractivity contribution in [1.82, 2.24) is 9.88 Å². The Kier molecular flexibility index (Phi) is 6.19. The van der Waals surface area contributed by atoms with Gasteiger partial charge in [0.25, 0.3) is 15.9 Å². The van der Waals surface area contributed by atoms with E-state index in [-0.39, 0.29) is 42.3 Å². The minimum atomic E-state index is -3.90. The van der Waals surface area contributed by atoms with Crippen molar-refractivity contribution in [3.63, 3.8) is 0 Å². The van der Waals surface area contributed by atoms with E-state index >= 15 is 0 Å². The third-order valence-corrected chi connectivity index (χ3v) is 7.94. The fourth-order valence-corrected chi connectivity index (χ4v) is 5.79. The van der Waals surface area contributed by atoms with Crippen LogP contribution < -0.4 is 4.72 Å². The van der Waals surface area contributed by atoms with Gasteiger partial charge in [-0.2, -0.15) is 0 Å². The molecule has 1 aromatic heterocycles. The van der Waals surface area contributed by atoms with E-state index in [9.17, 15) is 22.7 Å². The molecule has 9 heteroatoms. The molecule has 1 saturated heterocycles. The maximum absolute atomic E-state index is 14.2. The number of benzene rings is 3. The first-order valence-corrected chi connectivity index (χ1v) is 13.0. The molecule has 2 heterocycles. The average Bonchev–Trinajstić information content (AvgIpc) is 2.89. The van der Waals surface area contributed by atoms with Gasteiger partial charge in [-0.25, -0.2) is 12.8 Å². The minimum absolute atomic E-state index is 0.0661. The van der Waals surface area contributed by atoms with E-state index in [2.05, 4.69) is 9.71 Å². The number of likely N-dealkylation sites (tertiary alicyclic amines) is 1. The van der Waals surface area contributed by atoms with E-state index in [4.69, 9.17) is 0 Å². The molecule has 0 radical (unpaired) electrons. The summed E-state index contributed by atoms with van der Waals surface area (Å²) in [5.74, 6) is -0.699. The van der Waals surface area contributed by atoms with Gasteiger partial charge < -0.3 is 10.0 Å². The maximum Gasteiger partial charge on any atom is 0.264 e. The van der Waals surface area contributed by atoms with Crippen LogP contribution in [0.5, 0.6) is 0 Å². The van der Waals surface area contributed by atoms with E-state index in [1.165, 1.54) is 24.3 Å². The third-order valence-electron chi connectivity index (χ3n) is 6.52. The standard InChI is InChI=1S/C27H24FN3O4S/c28-23-8-2-1-7-22(23)27(33)14-17-31(18-15-27)26(32)20-10-12-21(13-11-20)30-36(34,35)24-9-3-5-19-6-4-16-29-25(19)24/h1-13,16,30,33H,14-15,17-18H2. The first-order valence-electron chi connectivity index (χ1n) is 11.5. The topological polar surface area (TPSA) is 99.6 Å². The van der Waals surface area contributed by atoms with Crippen molar-refractivity contribution in [2.75, 3.05) is 17.8 Å². The summed E-state index contributed by atoms with van der Waals surface area (Å²) in [7, 11) is -3.90. The highest BCUT2D eigenvalue weighted by Crippen LogP contribution is 2.34. The number of para-hydroxylation sites is 1. The minimum Gasteiger partial charge on any atom is -0.385 e. The van der Waals surface area contributed by atoms with E-state index < -0.39 is 21.4 Å². The summed E-state index contributed by atoms with van der Waals surface area (Å²) in [6, 6.07) is 20.8. The molecule has 4 aromatic rings. The van der Waals surface area contributed by atoms with Gasteiger partial charge in [-0.05, 0) is 55.3 Å². The van der Waals surface area contributed by atoms with Crippen LogP contribution in [0.2, 0.25) is 0 Å². The highest BCUT2D eigenvalue weighted by atomic mass is 32.2. The molecule has 1 amide bonds. The molecule has 0 atom stereocenters. The van der Waals surface area contributed by atoms with Crippen LogP contribution >= 0.6 is 0 Å². The highest BCUT2D eigenvalue weighted by molar-refractivity contribution is 7.93. The van der Waals surface area contributed by atoms with Crippen molar-refractivity contribution < 1.29 is 22.7 Å². The van der Waals surface area contributed by atoms with Crippen LogP contribution in [0.4, 0.5) is 10.1 Å². The van der Waals surface area contributed by atoms with Crippen molar-refractivity contribution in [1.29, 1.82) is 0 Å². The molecular formula is C27H24FN3O4S. The molecule has 0 bridgehead atoms. The molecule has 36 heavy (non-hydrogen) atoms. The maximum atomic E-state index is 14.2. The SMILES string of the molecule is O=C(c1ccc(NS(=O)(=O)c2cccc3cccnc23)cc1)N1CCC(O)(c2ccccc2F)CC1. The van der Waals surface area contributed by atoms with Gasteiger partial charge in [0.2, 0.25) is 0 Å². The second-order valence-corrected chi connectivity index (χ2v) is 10.5. The number of sulfonamides is 1. The zero-order valence-corrected chi connectivity index (χ0v) is 20.1. The number of halogens is 1. The second-order valence-electron chi connectivity index (χ2n) is 8.82. The van der Waals surface area contributed by atoms with Gasteiger partial charge in [0.05, 0.1) is 11.1 Å². The fourth-order valence-electron chi connectivity index (χ4n) is 4.55. The number of nitrogens with zero attached hydrogens (tertiary/aromatic N) is 2. The van der Waals surface area contributed by atoms with Crippen LogP contribution in [0.1, 0.15) is 28.8 Å². The van der Waals surface area contributed by atoms with Gasteiger partial charge in [0, 0.05) is 41.5 Å². The van der Waals surface area contributed by atoms with Gasteiger partial charge in [-0.1, -0.05) is 36.4 Å². The van der Waals surface area contributed by atoms with Crippen LogP contribution in [0.15, 0.2) is 90.0 Å². The third kappa shape index (κ3) is 4.55. The number of amides is 1. The van der Waals surface area contributed by atoms with Crippen LogP contribution in [0.25, 0.3) is 10.9 Å². The number of anilines is 1. The number of hydrogen-bond acceptors (Lipinski definition) is 5. The Morgan fingerprint density at radius 2 is 1.64 bits per heavy atom. The predicted molar refractivity (Wildman–Crippen MR) is 134 cm³/mol. The van der Waals surface area contributed by atoms with Crippen LogP contribution in [0.3, 0.4) is 0 Å². The summed E-state index contributed by atoms with van der Waals surface area (Å²) in [4.78, 5) is 18.9. The molecule has 0 spiro atoms. The summed E-state index contributed by atoms with van der Waals surface area (Å²) >= 11 is 0. The van der Waals surface area contributed by atoms with Crippen LogP contribution in [-0.4, -0.2) is 42.4 Å². The Balaban J connectivity index is 1.27. The Bertz CT molecular complexity index is 1530. The molecule has 0 aliphatic carbocycles. The Labute approximate surface area is 208 Å². The molecule has 1 fully saturated rings. The van der Waals surface area contributed by atoms with Crippen LogP contribution in [0, 0.1) is 5.82 Å². The number of aliphatic hydroxyl groups is 1. The number of hydrogen-bond donors (Lipinski definition) is 2. The number of nitrogens with one attached hydrogen (secondary N) is 1. The zero-order valence-electron chi connectivity index (χ0n) is 19.3. The number of pyridine rings is 1. The summed E-state index contributed by atoms with van der Waals surface area (Å²) < 4.78 is 42.7. The molecule has 5 rings (SSSR count). The molecule has 0 unspecified atom stereocenters. The van der Waals surface area contributed by atoms with E-state index in [1.54, 1.807) is 65.7 Å². The van der Waals surface area contributed by atoms with Gasteiger partial charge in [-0.3, -0.25) is 14.5 Å². The van der Waals surface area contributed by atoms with Gasteiger partial charge in [0.1, 0.15) is 10.7 Å². The number of piperidine rings is 1. The lowest BCUT2D eigenvalue weighted by atomic mass is 9.84. The molecule has 3 aromatic carbocycles. The smallest absolute Gasteiger partial charge is 0.264 e. The summed E-state index contributed by atoms with van der Waals surface area (Å²) in [5, 5.41) is 11.7. The molecule has 184 valence electrons. The van der Waals surface area contributed by atoms with E-state index in [1.807, 2.05) is 0 Å². The quantitative estimate of drug-likeness (QED) is 0.421. The summed E-state index contributed by atoms with van der Waals surface area (Å²) in [6.07, 6.45) is 1.98. The van der Waals surface area contributed by atoms with Crippen molar-refractivity contribution in [2.45, 2.75) is 23.3 Å². The molecule has 0 saturated carbocycles. The molecular weight excluding hydrogens is 481 g/mol. The van der Waals surface area contributed by atoms with Crippen molar-refractivity contribution in [3.8, 4) is 0 Å². The Morgan fingerprint density at radius 1 is 0.944 bits per heavy atom. The van der Waals surface area contributed by atoms with Crippen molar-refractivity contribution in [3.05, 3.63) is 102 Å². The Morgan fingerprint density at radius 3 is 2.36 bits per heavy atom. The van der Waals surface area contributed by atoms with Crippen molar-refractivity contribution in [2.24, 2.45) is 0 Å². The average molecular weight is 506 g/mol. The molecule has 7 nitrogen and oxygen atoms in total. The molecule has 2 N–H and O–H groups in total. The number of rotatable bonds is 5. The largest absolute Gasteiger partial charge is 0.385 e. The van der Waals surface area contributed by atoms with Gasteiger partial charge >= 0.3 is 0 Å². The number of carbonyl (C=O) groups excluding carboxylic acids is 1. The predicted octanol–water partition coefficient (Wildman–Crippen LogP) is 4.30. The highest BCUT2D eigenvalue weighted by Gasteiger charge is 2.37. The lowest BCUT2D eigenvalue weighted by Gasteiger charge is -2.38. The normalized spacial score (nSPS) is 15.6. The zero-order chi connectivity index (χ0) is 25.3. The lowest BCUT2D eigenvalue weighted by Crippen LogP contribution is -2.45. The van der Waals surface area contributed by atoms with E-state index in [0.717, 1.165) is 0 Å². The lowest BCUT2D eigenvalue weighted by molar-refractivity contribution is -0.0235.